The van der Waals surface area contributed by atoms with Crippen LogP contribution in [0, 0.1) is 0 Å². The van der Waals surface area contributed by atoms with E-state index in [1.807, 2.05) is 31.2 Å². The molecule has 2 rings (SSSR count). The highest BCUT2D eigenvalue weighted by Gasteiger charge is 2.19. The number of benzene rings is 1. The molecule has 0 unspecified atom stereocenters. The number of nitrogens with one attached hydrogen (secondary N) is 2. The first-order valence-corrected chi connectivity index (χ1v) is 9.65. The van der Waals surface area contributed by atoms with Crippen LogP contribution < -0.4 is 15.4 Å². The largest absolute Gasteiger partial charge is 0.494 e. The minimum Gasteiger partial charge on any atom is -0.494 e. The molecule has 1 fully saturated rings. The van der Waals surface area contributed by atoms with Crippen molar-refractivity contribution in [2.75, 3.05) is 31.6 Å². The average Bonchev–Trinajstić information content (AvgIpc) is 2.59. The van der Waals surface area contributed by atoms with Gasteiger partial charge in [0.1, 0.15) is 5.75 Å². The molecule has 1 aliphatic rings. The van der Waals surface area contributed by atoms with E-state index < -0.39 is 0 Å². The number of hydrogen-bond acceptors (Lipinski definition) is 3. The molecule has 0 aliphatic carbocycles. The topological polar surface area (TPSA) is 36.5 Å². The minimum atomic E-state index is 0.668. The first kappa shape index (κ1) is 19.0. The van der Waals surface area contributed by atoms with Gasteiger partial charge in [-0.2, -0.15) is 0 Å². The van der Waals surface area contributed by atoms with Crippen LogP contribution in [0.3, 0.4) is 0 Å². The lowest BCUT2D eigenvalue weighted by Crippen LogP contribution is -2.40. The molecule has 0 radical (unpaired) electrons. The maximum Gasteiger partial charge on any atom is 0.170 e. The van der Waals surface area contributed by atoms with Gasteiger partial charge in [0.15, 0.2) is 5.11 Å². The molecule has 1 heterocycles. The van der Waals surface area contributed by atoms with Crippen molar-refractivity contribution >= 4 is 23.0 Å². The maximum atomic E-state index is 5.51. The molecule has 0 bridgehead atoms. The van der Waals surface area contributed by atoms with Crippen LogP contribution in [0.5, 0.6) is 5.75 Å². The summed E-state index contributed by atoms with van der Waals surface area (Å²) in [6, 6.07) is 8.67. The molecule has 1 atom stereocenters. The van der Waals surface area contributed by atoms with Gasteiger partial charge < -0.3 is 20.3 Å². The van der Waals surface area contributed by atoms with Crippen LogP contribution in [-0.4, -0.2) is 42.3 Å². The standard InChI is InChI=1S/C19H31N3OS/c1-3-17-10-5-6-13-22(17)14-8-12-20-19(24)21-16-9-7-11-18(15-16)23-4-2/h7,9,11,15,17H,3-6,8,10,12-14H2,1-2H3,(H2,20,21,24)/t17-/m1/s1. The van der Waals surface area contributed by atoms with Crippen molar-refractivity contribution in [1.82, 2.24) is 10.2 Å². The predicted molar refractivity (Wildman–Crippen MR) is 106 cm³/mol. The van der Waals surface area contributed by atoms with Crippen molar-refractivity contribution in [2.24, 2.45) is 0 Å². The zero-order chi connectivity index (χ0) is 17.2. The first-order chi connectivity index (χ1) is 11.7. The van der Waals surface area contributed by atoms with Crippen LogP contribution in [0.1, 0.15) is 46.0 Å². The Morgan fingerprint density at radius 3 is 3.00 bits per heavy atom. The average molecular weight is 350 g/mol. The second-order valence-electron chi connectivity index (χ2n) is 6.29. The van der Waals surface area contributed by atoms with Gasteiger partial charge >= 0.3 is 0 Å². The molecule has 4 nitrogen and oxygen atoms in total. The normalized spacial score (nSPS) is 18.2. The molecule has 1 aliphatic heterocycles. The molecule has 0 aromatic heterocycles. The molecular weight excluding hydrogens is 318 g/mol. The van der Waals surface area contributed by atoms with E-state index in [4.69, 9.17) is 17.0 Å². The molecule has 0 amide bonds. The summed E-state index contributed by atoms with van der Waals surface area (Å²) in [6.07, 6.45) is 6.49. The van der Waals surface area contributed by atoms with Gasteiger partial charge in [-0.1, -0.05) is 19.4 Å². The van der Waals surface area contributed by atoms with Gasteiger partial charge in [0.25, 0.3) is 0 Å². The van der Waals surface area contributed by atoms with Gasteiger partial charge in [-0.05, 0) is 63.5 Å². The van der Waals surface area contributed by atoms with Crippen molar-refractivity contribution in [3.8, 4) is 5.75 Å². The lowest BCUT2D eigenvalue weighted by Gasteiger charge is -2.35. The Bertz CT molecular complexity index is 509. The Balaban J connectivity index is 1.67. The van der Waals surface area contributed by atoms with E-state index in [-0.39, 0.29) is 0 Å². The number of likely N-dealkylation sites (tertiary alicyclic amines) is 1. The highest BCUT2D eigenvalue weighted by atomic mass is 32.1. The molecule has 1 saturated heterocycles. The summed E-state index contributed by atoms with van der Waals surface area (Å²) >= 11 is 5.38. The van der Waals surface area contributed by atoms with Crippen LogP contribution >= 0.6 is 12.2 Å². The Kier molecular flexibility index (Phi) is 8.33. The van der Waals surface area contributed by atoms with E-state index in [2.05, 4.69) is 22.5 Å². The summed E-state index contributed by atoms with van der Waals surface area (Å²) in [5.41, 5.74) is 0.959. The number of hydrogen-bond donors (Lipinski definition) is 2. The molecule has 1 aromatic carbocycles. The molecule has 24 heavy (non-hydrogen) atoms. The molecule has 5 heteroatoms. The zero-order valence-corrected chi connectivity index (χ0v) is 15.8. The highest BCUT2D eigenvalue weighted by molar-refractivity contribution is 7.80. The maximum absolute atomic E-state index is 5.51. The third-order valence-corrected chi connectivity index (χ3v) is 4.78. The molecule has 2 N–H and O–H groups in total. The second-order valence-corrected chi connectivity index (χ2v) is 6.70. The second kappa shape index (κ2) is 10.5. The number of ether oxygens (including phenoxy) is 1. The minimum absolute atomic E-state index is 0.668. The van der Waals surface area contributed by atoms with Gasteiger partial charge in [-0.3, -0.25) is 0 Å². The number of nitrogens with zero attached hydrogens (tertiary/aromatic N) is 1. The molecule has 134 valence electrons. The van der Waals surface area contributed by atoms with Crippen molar-refractivity contribution in [1.29, 1.82) is 0 Å². The lowest BCUT2D eigenvalue weighted by molar-refractivity contribution is 0.143. The van der Waals surface area contributed by atoms with Crippen LogP contribution in [0.2, 0.25) is 0 Å². The summed E-state index contributed by atoms with van der Waals surface area (Å²) in [7, 11) is 0. The Morgan fingerprint density at radius 2 is 2.21 bits per heavy atom. The van der Waals surface area contributed by atoms with Crippen LogP contribution in [0.15, 0.2) is 24.3 Å². The number of rotatable bonds is 8. The van der Waals surface area contributed by atoms with Crippen molar-refractivity contribution < 1.29 is 4.74 Å². The summed E-state index contributed by atoms with van der Waals surface area (Å²) in [5, 5.41) is 7.21. The van der Waals surface area contributed by atoms with Gasteiger partial charge in [-0.15, -0.1) is 0 Å². The van der Waals surface area contributed by atoms with Crippen molar-refractivity contribution in [3.63, 3.8) is 0 Å². The summed E-state index contributed by atoms with van der Waals surface area (Å²) < 4.78 is 5.51. The van der Waals surface area contributed by atoms with E-state index in [0.717, 1.165) is 37.0 Å². The first-order valence-electron chi connectivity index (χ1n) is 9.24. The summed E-state index contributed by atoms with van der Waals surface area (Å²) in [4.78, 5) is 2.65. The fourth-order valence-corrected chi connectivity index (χ4v) is 3.53. The van der Waals surface area contributed by atoms with E-state index in [9.17, 15) is 0 Å². The quantitative estimate of drug-likeness (QED) is 0.547. The number of thiocarbonyl (C=S) groups is 1. The molecule has 0 saturated carbocycles. The SMILES string of the molecule is CCOc1cccc(NC(=S)NCCCN2CCCC[C@H]2CC)c1. The monoisotopic (exact) mass is 349 g/mol. The smallest absolute Gasteiger partial charge is 0.170 e. The summed E-state index contributed by atoms with van der Waals surface area (Å²) in [6.45, 7) is 8.28. The third-order valence-electron chi connectivity index (χ3n) is 4.53. The Hall–Kier alpha value is -1.33. The van der Waals surface area contributed by atoms with Crippen LogP contribution in [0.4, 0.5) is 5.69 Å². The van der Waals surface area contributed by atoms with E-state index >= 15 is 0 Å². The Labute approximate surface area is 152 Å². The molecular formula is C19H31N3OS. The molecule has 0 spiro atoms. The lowest BCUT2D eigenvalue weighted by atomic mass is 10.00. The number of anilines is 1. The van der Waals surface area contributed by atoms with Gasteiger partial charge in [-0.25, -0.2) is 0 Å². The Morgan fingerprint density at radius 1 is 1.33 bits per heavy atom. The number of piperidine rings is 1. The zero-order valence-electron chi connectivity index (χ0n) is 15.0. The van der Waals surface area contributed by atoms with Gasteiger partial charge in [0, 0.05) is 30.9 Å². The molecule has 1 aromatic rings. The summed E-state index contributed by atoms with van der Waals surface area (Å²) in [5.74, 6) is 0.862. The fourth-order valence-electron chi connectivity index (χ4n) is 3.31. The van der Waals surface area contributed by atoms with Crippen molar-refractivity contribution in [2.45, 2.75) is 52.0 Å². The van der Waals surface area contributed by atoms with E-state index in [0.29, 0.717) is 11.7 Å². The van der Waals surface area contributed by atoms with Crippen LogP contribution in [-0.2, 0) is 0 Å². The fraction of sp³-hybridized carbons (Fsp3) is 0.632. The van der Waals surface area contributed by atoms with Gasteiger partial charge in [0.2, 0.25) is 0 Å². The van der Waals surface area contributed by atoms with Crippen LogP contribution in [0.25, 0.3) is 0 Å². The highest BCUT2D eigenvalue weighted by Crippen LogP contribution is 2.19. The van der Waals surface area contributed by atoms with Crippen molar-refractivity contribution in [3.05, 3.63) is 24.3 Å². The van der Waals surface area contributed by atoms with E-state index in [1.54, 1.807) is 0 Å². The third kappa shape index (κ3) is 6.29. The van der Waals surface area contributed by atoms with E-state index in [1.165, 1.54) is 32.2 Å². The predicted octanol–water partition coefficient (Wildman–Crippen LogP) is 4.03. The van der Waals surface area contributed by atoms with Gasteiger partial charge in [0.05, 0.1) is 6.61 Å².